The molecule has 1 unspecified atom stereocenters. The molecule has 1 saturated heterocycles. The quantitative estimate of drug-likeness (QED) is 0.515. The van der Waals surface area contributed by atoms with Gasteiger partial charge in [-0.25, -0.2) is 4.98 Å². The van der Waals surface area contributed by atoms with E-state index in [1.54, 1.807) is 11.3 Å². The molecule has 0 N–H and O–H groups in total. The van der Waals surface area contributed by atoms with Crippen LogP contribution in [0, 0.1) is 13.8 Å². The number of nitrogens with zero attached hydrogens (tertiary/aromatic N) is 2. The molecule has 158 valence electrons. The van der Waals surface area contributed by atoms with Crippen molar-refractivity contribution in [3.63, 3.8) is 0 Å². The summed E-state index contributed by atoms with van der Waals surface area (Å²) in [6.07, 6.45) is 2.10. The largest absolute Gasteiger partial charge is 0.376 e. The lowest BCUT2D eigenvalue weighted by molar-refractivity contribution is 0.0917. The fourth-order valence-electron chi connectivity index (χ4n) is 3.98. The number of ether oxygens (including phenoxy) is 1. The van der Waals surface area contributed by atoms with E-state index in [9.17, 15) is 4.79 Å². The minimum atomic E-state index is -0.0145. The Labute approximate surface area is 182 Å². The number of hydrogen-bond donors (Lipinski definition) is 0. The average Bonchev–Trinajstić information content (AvgIpc) is 3.34. The maximum Gasteiger partial charge on any atom is 0.260 e. The smallest absolute Gasteiger partial charge is 0.260 e. The Morgan fingerprint density at radius 2 is 1.93 bits per heavy atom. The van der Waals surface area contributed by atoms with E-state index in [1.165, 1.54) is 11.1 Å². The molecule has 1 aromatic heterocycles. The van der Waals surface area contributed by atoms with Crippen LogP contribution in [0.2, 0.25) is 0 Å². The van der Waals surface area contributed by atoms with E-state index in [0.717, 1.165) is 40.4 Å². The fourth-order valence-corrected chi connectivity index (χ4v) is 5.13. The summed E-state index contributed by atoms with van der Waals surface area (Å²) in [5.74, 6) is -0.0145. The second kappa shape index (κ2) is 8.12. The molecule has 30 heavy (non-hydrogen) atoms. The van der Waals surface area contributed by atoms with Gasteiger partial charge in [0.1, 0.15) is 0 Å². The van der Waals surface area contributed by atoms with Crippen LogP contribution in [0.25, 0.3) is 10.2 Å². The van der Waals surface area contributed by atoms with Gasteiger partial charge in [-0.1, -0.05) is 50.3 Å². The highest BCUT2D eigenvalue weighted by atomic mass is 32.1. The van der Waals surface area contributed by atoms with Crippen molar-refractivity contribution in [2.45, 2.75) is 59.0 Å². The van der Waals surface area contributed by atoms with Gasteiger partial charge in [-0.05, 0) is 67.0 Å². The lowest BCUT2D eigenvalue weighted by Crippen LogP contribution is -2.37. The van der Waals surface area contributed by atoms with Crippen LogP contribution in [0.5, 0.6) is 0 Å². The van der Waals surface area contributed by atoms with Gasteiger partial charge in [0.25, 0.3) is 5.91 Å². The number of carbonyl (C=O) groups excluding carboxylic acids is 1. The number of benzene rings is 2. The Morgan fingerprint density at radius 3 is 2.57 bits per heavy atom. The Kier molecular flexibility index (Phi) is 5.69. The van der Waals surface area contributed by atoms with Crippen LogP contribution in [-0.2, 0) is 10.2 Å². The van der Waals surface area contributed by atoms with E-state index in [2.05, 4.69) is 58.9 Å². The molecule has 5 heteroatoms. The summed E-state index contributed by atoms with van der Waals surface area (Å²) in [6.45, 7) is 12.0. The fraction of sp³-hybridized carbons (Fsp3) is 0.440. The maximum absolute atomic E-state index is 13.6. The van der Waals surface area contributed by atoms with Gasteiger partial charge in [0, 0.05) is 12.2 Å². The molecule has 1 fully saturated rings. The Hall–Kier alpha value is -2.24. The van der Waals surface area contributed by atoms with Gasteiger partial charge in [-0.2, -0.15) is 0 Å². The summed E-state index contributed by atoms with van der Waals surface area (Å²) in [6, 6.07) is 12.3. The monoisotopic (exact) mass is 422 g/mol. The lowest BCUT2D eigenvalue weighted by Gasteiger charge is -2.24. The number of hydrogen-bond acceptors (Lipinski definition) is 4. The molecule has 0 bridgehead atoms. The minimum absolute atomic E-state index is 0.0145. The van der Waals surface area contributed by atoms with Crippen LogP contribution in [-0.4, -0.2) is 30.1 Å². The van der Waals surface area contributed by atoms with Gasteiger partial charge >= 0.3 is 0 Å². The molecule has 1 amide bonds. The molecule has 2 aromatic carbocycles. The summed E-state index contributed by atoms with van der Waals surface area (Å²) in [5.41, 5.74) is 5.30. The number of fused-ring (bicyclic) bond motifs is 1. The van der Waals surface area contributed by atoms with Crippen LogP contribution in [0.15, 0.2) is 36.4 Å². The SMILES string of the molecule is Cc1cc(C)c2nc(N(CC3CCCO3)C(=O)c3ccc(C(C)(C)C)cc3)sc2c1. The molecule has 2 heterocycles. The summed E-state index contributed by atoms with van der Waals surface area (Å²) >= 11 is 1.59. The van der Waals surface area contributed by atoms with Gasteiger partial charge in [0.05, 0.1) is 22.9 Å². The summed E-state index contributed by atoms with van der Waals surface area (Å²) in [4.78, 5) is 20.2. The zero-order chi connectivity index (χ0) is 21.5. The van der Waals surface area contributed by atoms with E-state index in [0.29, 0.717) is 12.1 Å². The molecule has 1 atom stereocenters. The van der Waals surface area contributed by atoms with Gasteiger partial charge in [0.2, 0.25) is 0 Å². The van der Waals surface area contributed by atoms with E-state index >= 15 is 0 Å². The summed E-state index contributed by atoms with van der Waals surface area (Å²) < 4.78 is 6.98. The third-order valence-corrected chi connectivity index (χ3v) is 6.73. The van der Waals surface area contributed by atoms with Crippen molar-refractivity contribution in [1.29, 1.82) is 0 Å². The maximum atomic E-state index is 13.6. The Balaban J connectivity index is 1.71. The molecule has 0 radical (unpaired) electrons. The molecule has 1 aliphatic rings. The number of anilines is 1. The first-order chi connectivity index (χ1) is 14.2. The second-order valence-corrected chi connectivity index (χ2v) is 10.3. The number of amides is 1. The third-order valence-electron chi connectivity index (χ3n) is 5.70. The predicted octanol–water partition coefficient (Wildman–Crippen LogP) is 6.04. The van der Waals surface area contributed by atoms with Crippen molar-refractivity contribution in [3.8, 4) is 0 Å². The standard InChI is InChI=1S/C25H30N2O2S/c1-16-13-17(2)22-21(14-16)30-24(26-22)27(15-20-7-6-12-29-20)23(28)18-8-10-19(11-9-18)25(3,4)5/h8-11,13-14,20H,6-7,12,15H2,1-5H3. The normalized spacial score (nSPS) is 16.9. The first kappa shape index (κ1) is 21.0. The molecule has 4 nitrogen and oxygen atoms in total. The minimum Gasteiger partial charge on any atom is -0.376 e. The van der Waals surface area contributed by atoms with Crippen molar-refractivity contribution in [2.24, 2.45) is 0 Å². The number of aryl methyl sites for hydroxylation is 2. The third kappa shape index (κ3) is 4.28. The molecular weight excluding hydrogens is 392 g/mol. The van der Waals surface area contributed by atoms with Crippen LogP contribution in [0.4, 0.5) is 5.13 Å². The molecule has 4 rings (SSSR count). The number of carbonyl (C=O) groups is 1. The van der Waals surface area contributed by atoms with E-state index < -0.39 is 0 Å². The first-order valence-electron chi connectivity index (χ1n) is 10.6. The highest BCUT2D eigenvalue weighted by molar-refractivity contribution is 7.22. The summed E-state index contributed by atoms with van der Waals surface area (Å²) in [5, 5.41) is 0.749. The number of aromatic nitrogens is 1. The van der Waals surface area contributed by atoms with Crippen molar-refractivity contribution in [3.05, 3.63) is 58.7 Å². The molecular formula is C25H30N2O2S. The van der Waals surface area contributed by atoms with Crippen molar-refractivity contribution in [1.82, 2.24) is 4.98 Å². The molecule has 3 aromatic rings. The predicted molar refractivity (Wildman–Crippen MR) is 125 cm³/mol. The molecule has 1 aliphatic heterocycles. The molecule has 0 saturated carbocycles. The zero-order valence-corrected chi connectivity index (χ0v) is 19.3. The van der Waals surface area contributed by atoms with Crippen LogP contribution in [0.3, 0.4) is 0 Å². The lowest BCUT2D eigenvalue weighted by atomic mass is 9.86. The highest BCUT2D eigenvalue weighted by Crippen LogP contribution is 2.33. The van der Waals surface area contributed by atoms with Crippen molar-refractivity contribution >= 4 is 32.6 Å². The second-order valence-electron chi connectivity index (χ2n) is 9.30. The van der Waals surface area contributed by atoms with Crippen LogP contribution >= 0.6 is 11.3 Å². The summed E-state index contributed by atoms with van der Waals surface area (Å²) in [7, 11) is 0. The topological polar surface area (TPSA) is 42.4 Å². The van der Waals surface area contributed by atoms with E-state index in [4.69, 9.17) is 9.72 Å². The average molecular weight is 423 g/mol. The van der Waals surface area contributed by atoms with E-state index in [1.807, 2.05) is 17.0 Å². The van der Waals surface area contributed by atoms with Gasteiger partial charge in [-0.15, -0.1) is 0 Å². The van der Waals surface area contributed by atoms with Crippen molar-refractivity contribution in [2.75, 3.05) is 18.1 Å². The number of thiazole rings is 1. The molecule has 0 aliphatic carbocycles. The van der Waals surface area contributed by atoms with Gasteiger partial charge in [-0.3, -0.25) is 9.69 Å². The first-order valence-corrected chi connectivity index (χ1v) is 11.5. The van der Waals surface area contributed by atoms with Gasteiger partial charge < -0.3 is 4.74 Å². The van der Waals surface area contributed by atoms with Crippen LogP contribution in [0.1, 0.15) is 60.7 Å². The van der Waals surface area contributed by atoms with Gasteiger partial charge in [0.15, 0.2) is 5.13 Å². The highest BCUT2D eigenvalue weighted by Gasteiger charge is 2.27. The van der Waals surface area contributed by atoms with Crippen molar-refractivity contribution < 1.29 is 9.53 Å². The van der Waals surface area contributed by atoms with E-state index in [-0.39, 0.29) is 17.4 Å². The number of rotatable bonds is 4. The Bertz CT molecular complexity index is 1060. The Morgan fingerprint density at radius 1 is 1.20 bits per heavy atom. The molecule has 0 spiro atoms. The zero-order valence-electron chi connectivity index (χ0n) is 18.5. The van der Waals surface area contributed by atoms with Crippen LogP contribution < -0.4 is 4.90 Å².